The van der Waals surface area contributed by atoms with E-state index in [1.54, 1.807) is 13.0 Å². The highest BCUT2D eigenvalue weighted by atomic mass is 19.1. The highest BCUT2D eigenvalue weighted by Gasteiger charge is 2.41. The highest BCUT2D eigenvalue weighted by molar-refractivity contribution is 6.47. The summed E-state index contributed by atoms with van der Waals surface area (Å²) < 4.78 is 23.2. The van der Waals surface area contributed by atoms with Gasteiger partial charge in [-0.05, 0) is 42.7 Å². The zero-order valence-corrected chi connectivity index (χ0v) is 22.2. The number of carbonyl (C=O) groups excluding carboxylic acids is 4. The van der Waals surface area contributed by atoms with E-state index in [2.05, 4.69) is 5.32 Å². The topological polar surface area (TPSA) is 163 Å². The lowest BCUT2D eigenvalue weighted by Gasteiger charge is -2.33. The number of Topliss-reactive ketones (excluding diaryl/α,β-unsaturated/α-hetero) is 1. The summed E-state index contributed by atoms with van der Waals surface area (Å²) >= 11 is 0. The third-order valence-electron chi connectivity index (χ3n) is 7.00. The number of amides is 4. The number of ketones is 1. The number of carboxylic acids is 1. The predicted molar refractivity (Wildman–Crippen MR) is 142 cm³/mol. The average molecular weight is 569 g/mol. The van der Waals surface area contributed by atoms with Gasteiger partial charge >= 0.3 is 30.9 Å². The second-order valence-corrected chi connectivity index (χ2v) is 9.57. The molecule has 2 aromatic carbocycles. The molecule has 3 N–H and O–H groups in total. The number of para-hydroxylation sites is 1. The second kappa shape index (κ2) is 12.8. The van der Waals surface area contributed by atoms with Gasteiger partial charge in [0.05, 0.1) is 5.56 Å². The molecule has 216 valence electrons. The van der Waals surface area contributed by atoms with Gasteiger partial charge in [-0.3, -0.25) is 19.3 Å². The lowest BCUT2D eigenvalue weighted by atomic mass is 9.64. The van der Waals surface area contributed by atoms with Gasteiger partial charge in [0.25, 0.3) is 0 Å². The number of hydrogen-bond donors (Lipinski definition) is 3. The van der Waals surface area contributed by atoms with Gasteiger partial charge in [-0.15, -0.1) is 0 Å². The van der Waals surface area contributed by atoms with Gasteiger partial charge in [0.1, 0.15) is 30.8 Å². The Bertz CT molecular complexity index is 1340. The maximum atomic E-state index is 13.6. The van der Waals surface area contributed by atoms with Crippen molar-refractivity contribution in [1.82, 2.24) is 15.1 Å². The molecule has 2 atom stereocenters. The number of piperazine rings is 1. The van der Waals surface area contributed by atoms with Gasteiger partial charge in [-0.2, -0.15) is 0 Å². The number of rotatable bonds is 10. The van der Waals surface area contributed by atoms with Crippen molar-refractivity contribution in [3.63, 3.8) is 0 Å². The van der Waals surface area contributed by atoms with E-state index in [0.717, 1.165) is 4.90 Å². The predicted octanol–water partition coefficient (Wildman–Crippen LogP) is 1.62. The molecule has 1 fully saturated rings. The Kier molecular flexibility index (Phi) is 9.22. The Labute approximate surface area is 235 Å². The van der Waals surface area contributed by atoms with Crippen LogP contribution in [0.2, 0.25) is 5.82 Å². The number of urea groups is 1. The van der Waals surface area contributed by atoms with Crippen molar-refractivity contribution in [2.24, 2.45) is 0 Å². The van der Waals surface area contributed by atoms with Gasteiger partial charge in [0.15, 0.2) is 5.78 Å². The molecule has 2 aliphatic heterocycles. The summed E-state index contributed by atoms with van der Waals surface area (Å²) in [6, 6.07) is 8.28. The third kappa shape index (κ3) is 6.48. The fourth-order valence-electron chi connectivity index (χ4n) is 4.84. The molecule has 0 bridgehead atoms. The fourth-order valence-corrected chi connectivity index (χ4v) is 4.84. The molecule has 2 aliphatic rings. The number of nitrogens with one attached hydrogen (secondary N) is 1. The lowest BCUT2D eigenvalue weighted by Crippen LogP contribution is -2.58. The summed E-state index contributed by atoms with van der Waals surface area (Å²) in [5.41, 5.74) is 0.705. The number of fused-ring (bicyclic) bond motifs is 1. The number of hydrogen-bond acceptors (Lipinski definition) is 8. The summed E-state index contributed by atoms with van der Waals surface area (Å²) in [5.74, 6) is -4.01. The van der Waals surface area contributed by atoms with Crippen molar-refractivity contribution in [1.29, 1.82) is 0 Å². The van der Waals surface area contributed by atoms with E-state index in [0.29, 0.717) is 23.4 Å². The minimum absolute atomic E-state index is 0.0271. The second-order valence-electron chi connectivity index (χ2n) is 9.57. The number of halogens is 1. The number of likely N-dealkylation sites (N-methyl/N-ethyl adjacent to an activating group) is 1. The Morgan fingerprint density at radius 3 is 2.54 bits per heavy atom. The number of carboxylic acid groups (broad SMARTS) is 1. The summed E-state index contributed by atoms with van der Waals surface area (Å²) in [6.07, 6.45) is -0.147. The van der Waals surface area contributed by atoms with Gasteiger partial charge in [0.2, 0.25) is 0 Å². The molecular formula is C27H29BFN3O9. The smallest absolute Gasteiger partial charge is 0.526 e. The summed E-state index contributed by atoms with van der Waals surface area (Å²) in [4.78, 5) is 65.3. The summed E-state index contributed by atoms with van der Waals surface area (Å²) in [7, 11) is -1.50. The van der Waals surface area contributed by atoms with E-state index in [1.807, 2.05) is 0 Å². The van der Waals surface area contributed by atoms with Crippen LogP contribution in [0.5, 0.6) is 11.5 Å². The largest absolute Gasteiger partial charge is 0.535 e. The Balaban J connectivity index is 1.56. The number of benzene rings is 2. The van der Waals surface area contributed by atoms with Crippen molar-refractivity contribution in [2.75, 3.05) is 32.9 Å². The third-order valence-corrected chi connectivity index (χ3v) is 7.00. The molecule has 0 aliphatic carbocycles. The summed E-state index contributed by atoms with van der Waals surface area (Å²) in [6.45, 7) is 1.25. The molecule has 41 heavy (non-hydrogen) atoms. The Hall–Kier alpha value is -4.46. The highest BCUT2D eigenvalue weighted by Crippen LogP contribution is 2.37. The van der Waals surface area contributed by atoms with Crippen LogP contribution in [0.1, 0.15) is 40.9 Å². The molecule has 0 radical (unpaired) electrons. The molecule has 1 unspecified atom stereocenters. The summed E-state index contributed by atoms with van der Waals surface area (Å²) in [5, 5.41) is 22.6. The SMILES string of the molecule is CCN1CCN(C(=O)NC(C(=O)C[C@H]2Cc3cccc(C(=O)O)c3OB2O)c2ccc(OCCF)cc2)C(=O)C1=O. The quantitative estimate of drug-likeness (QED) is 0.285. The van der Waals surface area contributed by atoms with Gasteiger partial charge in [-0.1, -0.05) is 24.3 Å². The van der Waals surface area contributed by atoms with E-state index in [9.17, 15) is 38.5 Å². The van der Waals surface area contributed by atoms with E-state index < -0.39 is 55.3 Å². The molecule has 0 saturated carbocycles. The lowest BCUT2D eigenvalue weighted by molar-refractivity contribution is -0.153. The van der Waals surface area contributed by atoms with Crippen LogP contribution >= 0.6 is 0 Å². The van der Waals surface area contributed by atoms with Crippen LogP contribution in [0.4, 0.5) is 9.18 Å². The maximum Gasteiger partial charge on any atom is 0.526 e. The fraction of sp³-hybridized carbons (Fsp3) is 0.370. The number of nitrogens with zero attached hydrogens (tertiary/aromatic N) is 2. The van der Waals surface area contributed by atoms with Gasteiger partial charge in [-0.25, -0.2) is 14.0 Å². The van der Waals surface area contributed by atoms with Gasteiger partial charge < -0.3 is 29.7 Å². The molecule has 12 nitrogen and oxygen atoms in total. The first kappa shape index (κ1) is 29.5. The number of aromatic carboxylic acids is 1. The minimum Gasteiger partial charge on any atom is -0.535 e. The van der Waals surface area contributed by atoms with Crippen molar-refractivity contribution >= 4 is 36.7 Å². The van der Waals surface area contributed by atoms with E-state index in [1.165, 1.54) is 41.3 Å². The number of ether oxygens (including phenoxy) is 1. The standard InChI is InChI=1S/C27H29BFN3O9/c1-2-31-11-12-32(25(35)24(31)34)27(38)30-22(16-6-8-19(9-7-16)40-13-10-29)21(33)15-18-14-17-4-3-5-20(26(36)37)23(17)41-28(18)39/h3-9,18,22,39H,2,10-15H2,1H3,(H,30,38)(H,36,37)/t18-,22?/m1/s1. The van der Waals surface area contributed by atoms with E-state index in [-0.39, 0.29) is 43.9 Å². The van der Waals surface area contributed by atoms with Crippen LogP contribution in [-0.2, 0) is 20.8 Å². The average Bonchev–Trinajstić information content (AvgIpc) is 2.96. The molecule has 14 heteroatoms. The van der Waals surface area contributed by atoms with Crippen molar-refractivity contribution in [3.05, 3.63) is 59.2 Å². The van der Waals surface area contributed by atoms with Crippen molar-refractivity contribution in [2.45, 2.75) is 31.6 Å². The zero-order valence-electron chi connectivity index (χ0n) is 22.2. The first-order valence-corrected chi connectivity index (χ1v) is 13.1. The molecule has 4 amide bonds. The van der Waals surface area contributed by atoms with Crippen molar-refractivity contribution < 1.29 is 47.9 Å². The zero-order chi connectivity index (χ0) is 29.7. The first-order valence-electron chi connectivity index (χ1n) is 13.1. The molecule has 0 aromatic heterocycles. The van der Waals surface area contributed by atoms with E-state index in [4.69, 9.17) is 9.39 Å². The van der Waals surface area contributed by atoms with Crippen LogP contribution < -0.4 is 14.7 Å². The van der Waals surface area contributed by atoms with E-state index >= 15 is 0 Å². The minimum atomic E-state index is -1.50. The molecule has 2 heterocycles. The molecule has 2 aromatic rings. The van der Waals surface area contributed by atoms with Crippen molar-refractivity contribution in [3.8, 4) is 11.5 Å². The molecular weight excluding hydrogens is 540 g/mol. The number of alkyl halides is 1. The van der Waals surface area contributed by atoms with Crippen LogP contribution in [0.25, 0.3) is 0 Å². The number of carbonyl (C=O) groups is 5. The molecule has 1 saturated heterocycles. The first-order chi connectivity index (χ1) is 19.6. The van der Waals surface area contributed by atoms with Gasteiger partial charge in [0, 0.05) is 31.9 Å². The van der Waals surface area contributed by atoms with Crippen LogP contribution in [0, 0.1) is 0 Å². The van der Waals surface area contributed by atoms with Crippen LogP contribution in [-0.4, -0.2) is 89.6 Å². The monoisotopic (exact) mass is 569 g/mol. The van der Waals surface area contributed by atoms with Crippen LogP contribution in [0.15, 0.2) is 42.5 Å². The Morgan fingerprint density at radius 2 is 1.88 bits per heavy atom. The normalized spacial score (nSPS) is 17.4. The van der Waals surface area contributed by atoms with Crippen LogP contribution in [0.3, 0.4) is 0 Å². The Morgan fingerprint density at radius 1 is 1.15 bits per heavy atom. The molecule has 4 rings (SSSR count). The maximum absolute atomic E-state index is 13.6. The molecule has 0 spiro atoms. The number of imide groups is 1.